The van der Waals surface area contributed by atoms with Gasteiger partial charge in [0, 0.05) is 0 Å². The van der Waals surface area contributed by atoms with Gasteiger partial charge in [-0.1, -0.05) is 25.7 Å². The number of carbonyl (C=O) groups is 4. The molecule has 0 amide bonds. The first-order chi connectivity index (χ1) is 10.9. The number of hydrogen-bond donors (Lipinski definition) is 0. The number of hydrogen-bond acceptors (Lipinski definition) is 8. The van der Waals surface area contributed by atoms with Gasteiger partial charge in [0.25, 0.3) is 23.9 Å². The van der Waals surface area contributed by atoms with Crippen LogP contribution < -0.4 is 0 Å². The summed E-state index contributed by atoms with van der Waals surface area (Å²) in [4.78, 5) is 49.4. The maximum absolute atomic E-state index is 12.3. The molecule has 0 aromatic carbocycles. The molecule has 2 aliphatic heterocycles. The van der Waals surface area contributed by atoms with E-state index in [1.54, 1.807) is 0 Å². The largest absolute Gasteiger partial charge is 0.784 e. The molecule has 0 atom stereocenters. The third-order valence-corrected chi connectivity index (χ3v) is 5.48. The van der Waals surface area contributed by atoms with Gasteiger partial charge in [0.1, 0.15) is 0 Å². The minimum atomic E-state index is -3.46. The van der Waals surface area contributed by atoms with Crippen LogP contribution >= 0.6 is 0 Å². The summed E-state index contributed by atoms with van der Waals surface area (Å²) in [7, 11) is 0. The van der Waals surface area contributed by atoms with Crippen molar-refractivity contribution in [1.29, 1.82) is 0 Å². The average molecular weight is 323 g/mol. The summed E-state index contributed by atoms with van der Waals surface area (Å²) in [6, 6.07) is 0. The molecule has 0 unspecified atom stereocenters. The molecule has 2 heterocycles. The lowest BCUT2D eigenvalue weighted by molar-refractivity contribution is -0.198. The number of rotatable bonds is 0. The molecule has 4 fully saturated rings. The monoisotopic (exact) mass is 323 g/mol. The molecule has 0 bridgehead atoms. The second kappa shape index (κ2) is 4.49. The molecule has 2 aliphatic carbocycles. The van der Waals surface area contributed by atoms with E-state index in [1.165, 1.54) is 0 Å². The first kappa shape index (κ1) is 14.5. The minimum Gasteiger partial charge on any atom is -0.584 e. The Labute approximate surface area is 131 Å². The molecule has 0 N–H and O–H groups in total. The molecule has 9 heteroatoms. The van der Waals surface area contributed by atoms with Crippen LogP contribution in [-0.4, -0.2) is 30.8 Å². The Balaban J connectivity index is 1.61. The van der Waals surface area contributed by atoms with Gasteiger partial charge in [0.15, 0.2) is 10.8 Å². The van der Waals surface area contributed by atoms with Gasteiger partial charge in [-0.2, -0.15) is 0 Å². The quantitative estimate of drug-likeness (QED) is 0.475. The number of carbonyl (C=O) groups excluding carboxylic acids is 4. The maximum atomic E-state index is 12.3. The van der Waals surface area contributed by atoms with E-state index in [1.807, 2.05) is 0 Å². The first-order valence-electron chi connectivity index (χ1n) is 7.99. The molecule has 8 nitrogen and oxygen atoms in total. The summed E-state index contributed by atoms with van der Waals surface area (Å²) in [5.74, 6) is -3.35. The summed E-state index contributed by atoms with van der Waals surface area (Å²) in [5.41, 5.74) is -2.71. The van der Waals surface area contributed by atoms with Crippen molar-refractivity contribution < 1.29 is 37.8 Å². The van der Waals surface area contributed by atoms with Crippen LogP contribution in [0, 0.1) is 10.8 Å². The highest BCUT2D eigenvalue weighted by Gasteiger charge is 2.67. The van der Waals surface area contributed by atoms with Crippen molar-refractivity contribution in [1.82, 2.24) is 0 Å². The van der Waals surface area contributed by atoms with E-state index < -0.39 is 41.7 Å². The third kappa shape index (κ3) is 1.79. The molecule has 0 aromatic heterocycles. The van der Waals surface area contributed by atoms with Crippen LogP contribution in [0.25, 0.3) is 0 Å². The summed E-state index contributed by atoms with van der Waals surface area (Å²) < 4.78 is 20.2. The predicted molar refractivity (Wildman–Crippen MR) is 71.9 cm³/mol. The second-order valence-electron chi connectivity index (χ2n) is 6.78. The van der Waals surface area contributed by atoms with Crippen molar-refractivity contribution in [2.75, 3.05) is 0 Å². The molecule has 4 aliphatic rings. The van der Waals surface area contributed by atoms with Crippen LogP contribution in [0.2, 0.25) is 0 Å². The molecule has 124 valence electrons. The molecule has 0 aromatic rings. The van der Waals surface area contributed by atoms with E-state index in [-0.39, 0.29) is 0 Å². The fourth-order valence-corrected chi connectivity index (χ4v) is 4.06. The minimum absolute atomic E-state index is 0.322. The van der Waals surface area contributed by atoms with Crippen molar-refractivity contribution in [3.05, 3.63) is 0 Å². The highest BCUT2D eigenvalue weighted by Crippen LogP contribution is 2.48. The third-order valence-electron chi connectivity index (χ3n) is 5.48. The lowest BCUT2D eigenvalue weighted by Crippen LogP contribution is -2.68. The summed E-state index contributed by atoms with van der Waals surface area (Å²) in [6.45, 7) is -3.46. The Morgan fingerprint density at radius 1 is 0.565 bits per heavy atom. The fourth-order valence-electron chi connectivity index (χ4n) is 4.06. The zero-order chi connectivity index (χ0) is 16.3. The predicted octanol–water partition coefficient (Wildman–Crippen LogP) is 0.743. The van der Waals surface area contributed by atoms with Gasteiger partial charge in [0.2, 0.25) is 0 Å². The van der Waals surface area contributed by atoms with E-state index in [2.05, 4.69) is 0 Å². The Kier molecular flexibility index (Phi) is 2.83. The van der Waals surface area contributed by atoms with Crippen LogP contribution in [0.1, 0.15) is 51.4 Å². The van der Waals surface area contributed by atoms with Crippen molar-refractivity contribution in [3.8, 4) is 0 Å². The van der Waals surface area contributed by atoms with Crippen molar-refractivity contribution in [2.24, 2.45) is 10.8 Å². The van der Waals surface area contributed by atoms with Gasteiger partial charge in [-0.3, -0.25) is 19.2 Å². The van der Waals surface area contributed by atoms with E-state index in [0.29, 0.717) is 51.4 Å². The lowest BCUT2D eigenvalue weighted by Gasteiger charge is -2.50. The standard InChI is InChI=1S/C14H16BO8/c16-9-13(5-1-2-6-13)10(17)21-15(20-9)22-11(18)14(12(19)23-15)7-3-4-8-14/h1-8H2/q-1. The van der Waals surface area contributed by atoms with E-state index in [4.69, 9.17) is 18.6 Å². The first-order valence-corrected chi connectivity index (χ1v) is 7.99. The second-order valence-corrected chi connectivity index (χ2v) is 6.78. The van der Waals surface area contributed by atoms with Gasteiger partial charge >= 0.3 is 6.96 Å². The van der Waals surface area contributed by atoms with Crippen LogP contribution in [0.15, 0.2) is 0 Å². The van der Waals surface area contributed by atoms with Crippen LogP contribution in [0.3, 0.4) is 0 Å². The van der Waals surface area contributed by atoms with Gasteiger partial charge in [-0.05, 0) is 25.7 Å². The molecule has 2 saturated carbocycles. The van der Waals surface area contributed by atoms with Crippen molar-refractivity contribution >= 4 is 30.8 Å². The van der Waals surface area contributed by atoms with Gasteiger partial charge in [-0.25, -0.2) is 0 Å². The van der Waals surface area contributed by atoms with E-state index in [0.717, 1.165) is 0 Å². The van der Waals surface area contributed by atoms with Crippen LogP contribution in [0.4, 0.5) is 0 Å². The SMILES string of the molecule is O=C1O[B-]2(OC(=O)C13CCCC3)OC(=O)C1(CCCC1)C(=O)O2. The van der Waals surface area contributed by atoms with Crippen LogP contribution in [-0.2, 0) is 37.8 Å². The van der Waals surface area contributed by atoms with Gasteiger partial charge < -0.3 is 18.6 Å². The van der Waals surface area contributed by atoms with Crippen molar-refractivity contribution in [3.63, 3.8) is 0 Å². The van der Waals surface area contributed by atoms with Crippen LogP contribution in [0.5, 0.6) is 0 Å². The highest BCUT2D eigenvalue weighted by molar-refractivity contribution is 6.64. The van der Waals surface area contributed by atoms with Gasteiger partial charge in [0.05, 0.1) is 0 Å². The summed E-state index contributed by atoms with van der Waals surface area (Å²) >= 11 is 0. The Hall–Kier alpha value is -2.06. The maximum Gasteiger partial charge on any atom is 0.784 e. The topological polar surface area (TPSA) is 105 Å². The zero-order valence-corrected chi connectivity index (χ0v) is 12.5. The molecular formula is C14H16BO8-. The van der Waals surface area contributed by atoms with E-state index in [9.17, 15) is 19.2 Å². The van der Waals surface area contributed by atoms with Gasteiger partial charge in [-0.15, -0.1) is 0 Å². The Morgan fingerprint density at radius 3 is 1.09 bits per heavy atom. The molecule has 3 spiro atoms. The van der Waals surface area contributed by atoms with E-state index >= 15 is 0 Å². The average Bonchev–Trinajstić information content (AvgIpc) is 3.15. The Bertz CT molecular complexity index is 517. The molecular weight excluding hydrogens is 307 g/mol. The lowest BCUT2D eigenvalue weighted by atomic mass is 9.79. The molecule has 0 radical (unpaired) electrons. The van der Waals surface area contributed by atoms with Crippen molar-refractivity contribution in [2.45, 2.75) is 51.4 Å². The normalized spacial score (nSPS) is 30.3. The molecule has 23 heavy (non-hydrogen) atoms. The highest BCUT2D eigenvalue weighted by atomic mass is 16.9. The molecule has 2 saturated heterocycles. The molecule has 4 rings (SSSR count). The summed E-state index contributed by atoms with van der Waals surface area (Å²) in [5, 5.41) is 0. The smallest absolute Gasteiger partial charge is 0.584 e. The Morgan fingerprint density at radius 2 is 0.826 bits per heavy atom. The fraction of sp³-hybridized carbons (Fsp3) is 0.714. The zero-order valence-electron chi connectivity index (χ0n) is 12.5. The summed E-state index contributed by atoms with van der Waals surface area (Å²) in [6.07, 6.45) is 4.09.